The maximum absolute atomic E-state index is 5.67. The van der Waals surface area contributed by atoms with E-state index in [1.807, 2.05) is 36.4 Å². The highest BCUT2D eigenvalue weighted by atomic mass is 32.1. The largest absolute Gasteiger partial charge is 0.389 e. The zero-order chi connectivity index (χ0) is 11.5. The first kappa shape index (κ1) is 10.8. The first-order valence-corrected chi connectivity index (χ1v) is 5.41. The van der Waals surface area contributed by atoms with Gasteiger partial charge in [-0.1, -0.05) is 42.0 Å². The van der Waals surface area contributed by atoms with Crippen molar-refractivity contribution in [3.05, 3.63) is 53.7 Å². The van der Waals surface area contributed by atoms with Gasteiger partial charge in [0.25, 0.3) is 0 Å². The van der Waals surface area contributed by atoms with Crippen LogP contribution in [0.15, 0.2) is 42.6 Å². The SMILES string of the molecule is Cc1ccc(-c2ncccc2C(N)=S)cc1. The molecule has 0 bridgehead atoms. The molecule has 3 heteroatoms. The third-order valence-electron chi connectivity index (χ3n) is 2.40. The van der Waals surface area contributed by atoms with Crippen molar-refractivity contribution in [3.8, 4) is 11.3 Å². The minimum atomic E-state index is 0.378. The summed E-state index contributed by atoms with van der Waals surface area (Å²) >= 11 is 5.01. The second-order valence-corrected chi connectivity index (χ2v) is 4.07. The predicted octanol–water partition coefficient (Wildman–Crippen LogP) is 2.69. The number of rotatable bonds is 2. The first-order chi connectivity index (χ1) is 7.68. The van der Waals surface area contributed by atoms with Gasteiger partial charge in [-0.05, 0) is 19.1 Å². The molecule has 16 heavy (non-hydrogen) atoms. The Bertz CT molecular complexity index is 518. The summed E-state index contributed by atoms with van der Waals surface area (Å²) in [4.78, 5) is 4.71. The van der Waals surface area contributed by atoms with Crippen molar-refractivity contribution < 1.29 is 0 Å². The molecule has 2 aromatic rings. The lowest BCUT2D eigenvalue weighted by Gasteiger charge is -2.07. The fourth-order valence-electron chi connectivity index (χ4n) is 1.55. The van der Waals surface area contributed by atoms with Crippen molar-refractivity contribution in [3.63, 3.8) is 0 Å². The number of thiocarbonyl (C=S) groups is 1. The number of aromatic nitrogens is 1. The van der Waals surface area contributed by atoms with Gasteiger partial charge in [0.2, 0.25) is 0 Å². The van der Waals surface area contributed by atoms with E-state index in [9.17, 15) is 0 Å². The molecule has 0 saturated carbocycles. The number of pyridine rings is 1. The van der Waals surface area contributed by atoms with E-state index in [1.165, 1.54) is 5.56 Å². The Labute approximate surface area is 100 Å². The molecule has 0 fully saturated rings. The maximum Gasteiger partial charge on any atom is 0.106 e. The van der Waals surface area contributed by atoms with Gasteiger partial charge in [0.15, 0.2) is 0 Å². The Balaban J connectivity index is 2.55. The summed E-state index contributed by atoms with van der Waals surface area (Å²) in [5.41, 5.74) is 9.59. The van der Waals surface area contributed by atoms with Crippen LogP contribution < -0.4 is 5.73 Å². The van der Waals surface area contributed by atoms with Gasteiger partial charge in [-0.15, -0.1) is 0 Å². The highest BCUT2D eigenvalue weighted by Crippen LogP contribution is 2.21. The van der Waals surface area contributed by atoms with E-state index >= 15 is 0 Å². The lowest BCUT2D eigenvalue weighted by Crippen LogP contribution is -2.11. The summed E-state index contributed by atoms with van der Waals surface area (Å²) in [6.45, 7) is 2.05. The summed E-state index contributed by atoms with van der Waals surface area (Å²) in [7, 11) is 0. The van der Waals surface area contributed by atoms with Gasteiger partial charge in [0.05, 0.1) is 5.69 Å². The normalized spacial score (nSPS) is 10.1. The monoisotopic (exact) mass is 228 g/mol. The molecule has 0 radical (unpaired) electrons. The lowest BCUT2D eigenvalue weighted by molar-refractivity contribution is 1.31. The van der Waals surface area contributed by atoms with E-state index in [4.69, 9.17) is 18.0 Å². The van der Waals surface area contributed by atoms with E-state index in [2.05, 4.69) is 11.9 Å². The lowest BCUT2D eigenvalue weighted by atomic mass is 10.0. The molecule has 0 spiro atoms. The highest BCUT2D eigenvalue weighted by molar-refractivity contribution is 7.80. The Morgan fingerprint density at radius 2 is 1.88 bits per heavy atom. The molecule has 0 unspecified atom stereocenters. The fraction of sp³-hybridized carbons (Fsp3) is 0.0769. The minimum absolute atomic E-state index is 0.378. The van der Waals surface area contributed by atoms with Crippen LogP contribution in [-0.2, 0) is 0 Å². The third-order valence-corrected chi connectivity index (χ3v) is 2.62. The smallest absolute Gasteiger partial charge is 0.106 e. The molecule has 1 aromatic carbocycles. The second-order valence-electron chi connectivity index (χ2n) is 3.63. The average molecular weight is 228 g/mol. The Morgan fingerprint density at radius 1 is 1.19 bits per heavy atom. The van der Waals surface area contributed by atoms with Crippen molar-refractivity contribution >= 4 is 17.2 Å². The van der Waals surface area contributed by atoms with Crippen molar-refractivity contribution in [1.82, 2.24) is 4.98 Å². The molecular formula is C13H12N2S. The van der Waals surface area contributed by atoms with Crippen molar-refractivity contribution in [2.24, 2.45) is 5.73 Å². The van der Waals surface area contributed by atoms with E-state index in [0.717, 1.165) is 16.8 Å². The van der Waals surface area contributed by atoms with Crippen LogP contribution in [0.3, 0.4) is 0 Å². The summed E-state index contributed by atoms with van der Waals surface area (Å²) < 4.78 is 0. The van der Waals surface area contributed by atoms with Gasteiger partial charge in [-0.3, -0.25) is 4.98 Å². The molecule has 0 atom stereocenters. The number of nitrogens with zero attached hydrogens (tertiary/aromatic N) is 1. The van der Waals surface area contributed by atoms with E-state index < -0.39 is 0 Å². The molecule has 1 aromatic heterocycles. The van der Waals surface area contributed by atoms with Crippen LogP contribution in [0, 0.1) is 6.92 Å². The van der Waals surface area contributed by atoms with Crippen LogP contribution in [0.4, 0.5) is 0 Å². The average Bonchev–Trinajstić information content (AvgIpc) is 2.30. The molecule has 0 aliphatic rings. The van der Waals surface area contributed by atoms with Gasteiger partial charge in [0.1, 0.15) is 4.99 Å². The topological polar surface area (TPSA) is 38.9 Å². The van der Waals surface area contributed by atoms with Gasteiger partial charge in [-0.2, -0.15) is 0 Å². The first-order valence-electron chi connectivity index (χ1n) is 5.00. The summed E-state index contributed by atoms with van der Waals surface area (Å²) in [5, 5.41) is 0. The Kier molecular flexibility index (Phi) is 2.97. The molecule has 2 rings (SSSR count). The van der Waals surface area contributed by atoms with Crippen molar-refractivity contribution in [2.75, 3.05) is 0 Å². The standard InChI is InChI=1S/C13H12N2S/c1-9-4-6-10(7-5-9)12-11(13(14)16)3-2-8-15-12/h2-8H,1H3,(H2,14,16). The zero-order valence-electron chi connectivity index (χ0n) is 8.97. The van der Waals surface area contributed by atoms with E-state index in [0.29, 0.717) is 4.99 Å². The van der Waals surface area contributed by atoms with Crippen LogP contribution in [-0.4, -0.2) is 9.97 Å². The number of aryl methyl sites for hydroxylation is 1. The van der Waals surface area contributed by atoms with Gasteiger partial charge in [-0.25, -0.2) is 0 Å². The molecule has 0 amide bonds. The molecule has 0 saturated heterocycles. The van der Waals surface area contributed by atoms with Crippen LogP contribution >= 0.6 is 12.2 Å². The van der Waals surface area contributed by atoms with Gasteiger partial charge < -0.3 is 5.73 Å². The molecule has 2 N–H and O–H groups in total. The third kappa shape index (κ3) is 2.09. The van der Waals surface area contributed by atoms with Crippen LogP contribution in [0.2, 0.25) is 0 Å². The summed E-state index contributed by atoms with van der Waals surface area (Å²) in [5.74, 6) is 0. The zero-order valence-corrected chi connectivity index (χ0v) is 9.79. The van der Waals surface area contributed by atoms with E-state index in [1.54, 1.807) is 6.20 Å². The fourth-order valence-corrected chi connectivity index (χ4v) is 1.71. The number of nitrogens with two attached hydrogens (primary N) is 1. The summed E-state index contributed by atoms with van der Waals surface area (Å²) in [6.07, 6.45) is 1.75. The van der Waals surface area contributed by atoms with Gasteiger partial charge >= 0.3 is 0 Å². The molecule has 1 heterocycles. The number of benzene rings is 1. The van der Waals surface area contributed by atoms with Gasteiger partial charge in [0, 0.05) is 17.3 Å². The minimum Gasteiger partial charge on any atom is -0.389 e. The van der Waals surface area contributed by atoms with Crippen molar-refractivity contribution in [1.29, 1.82) is 0 Å². The second kappa shape index (κ2) is 4.41. The summed E-state index contributed by atoms with van der Waals surface area (Å²) in [6, 6.07) is 11.9. The molecule has 0 aliphatic heterocycles. The van der Waals surface area contributed by atoms with E-state index in [-0.39, 0.29) is 0 Å². The molecular weight excluding hydrogens is 216 g/mol. The highest BCUT2D eigenvalue weighted by Gasteiger charge is 2.07. The van der Waals surface area contributed by atoms with Crippen molar-refractivity contribution in [2.45, 2.75) is 6.92 Å². The molecule has 2 nitrogen and oxygen atoms in total. The molecule has 80 valence electrons. The predicted molar refractivity (Wildman–Crippen MR) is 70.3 cm³/mol. The quantitative estimate of drug-likeness (QED) is 0.803. The maximum atomic E-state index is 5.67. The number of hydrogen-bond acceptors (Lipinski definition) is 2. The van der Waals surface area contributed by atoms with Crippen LogP contribution in [0.1, 0.15) is 11.1 Å². The Morgan fingerprint density at radius 3 is 2.50 bits per heavy atom. The Hall–Kier alpha value is -1.74. The van der Waals surface area contributed by atoms with Crippen LogP contribution in [0.5, 0.6) is 0 Å². The molecule has 0 aliphatic carbocycles. The number of hydrogen-bond donors (Lipinski definition) is 1. The van der Waals surface area contributed by atoms with Crippen LogP contribution in [0.25, 0.3) is 11.3 Å².